The molecule has 0 bridgehead atoms. The second kappa shape index (κ2) is 25.1. The molecule has 86 heavy (non-hydrogen) atoms. The van der Waals surface area contributed by atoms with Gasteiger partial charge in [-0.25, -0.2) is 34.7 Å². The van der Waals surface area contributed by atoms with Gasteiger partial charge < -0.3 is 28.8 Å². The van der Waals surface area contributed by atoms with Crippen molar-refractivity contribution in [2.45, 2.75) is 141 Å². The lowest BCUT2D eigenvalue weighted by molar-refractivity contribution is 0.0815. The molecular weight excluding hydrogens is 1150 g/mol. The maximum absolute atomic E-state index is 13.8. The molecule has 0 aliphatic carbocycles. The lowest BCUT2D eigenvalue weighted by atomic mass is 9.93. The molecule has 0 aliphatic heterocycles. The summed E-state index contributed by atoms with van der Waals surface area (Å²) >= 11 is 0. The molecule has 6 aromatic carbocycles. The fraction of sp³-hybridized carbons (Fsp3) is 0.333. The number of aromatic nitrogens is 6. The number of benzene rings is 6. The van der Waals surface area contributed by atoms with Crippen LogP contribution in [-0.4, -0.2) is 83.5 Å². The number of hydrogen-bond donors (Lipinski definition) is 2. The molecule has 0 spiro atoms. The zero-order valence-corrected chi connectivity index (χ0v) is 54.7. The molecule has 4 heterocycles. The van der Waals surface area contributed by atoms with Crippen molar-refractivity contribution in [3.63, 3.8) is 0 Å². The molecule has 2 atom stereocenters. The van der Waals surface area contributed by atoms with E-state index in [0.717, 1.165) is 51.0 Å². The first kappa shape index (κ1) is 63.0. The normalized spacial score (nSPS) is 13.1. The Bertz CT molecular complexity index is 4330. The van der Waals surface area contributed by atoms with Gasteiger partial charge in [0.2, 0.25) is 0 Å². The molecule has 0 saturated carbocycles. The number of imidazole rings is 2. The first-order chi connectivity index (χ1) is 40.7. The standard InChI is InChI=1S/2C33H38N4O4SSi/c1-7-25-18-23(3)31-27(14-15-37(31)42(39,40)26-11-8-22(2)9-12-26)30(25)32(38)33-35-28-19-24(20-34)10-13-29(28)36(33)21-41-16-17-43(4,5)6;1-7-25-18-23(3)31-27(14-15-37(31)42(39,40)26-11-8-22(2)9-12-26)30(25)32(38)33-35-28-13-10-24(20-34)19-29(28)36(33)21-41-16-17-43(4,5)6/h2*8-15,18-19,32,38H,7,16-17,21H2,1-6H3. The number of aliphatic hydroxyl groups excluding tert-OH is 2. The van der Waals surface area contributed by atoms with Crippen molar-refractivity contribution in [3.05, 3.63) is 189 Å². The minimum Gasteiger partial charge on any atom is -0.380 e. The number of fused-ring (bicyclic) bond motifs is 4. The number of hydrogen-bond acceptors (Lipinski definition) is 12. The molecule has 16 nitrogen and oxygen atoms in total. The summed E-state index contributed by atoms with van der Waals surface area (Å²) in [6, 6.07) is 37.9. The third kappa shape index (κ3) is 12.8. The van der Waals surface area contributed by atoms with Crippen LogP contribution in [-0.2, 0) is 55.8 Å². The highest BCUT2D eigenvalue weighted by molar-refractivity contribution is 7.90. The second-order valence-electron chi connectivity index (χ2n) is 24.6. The molecule has 0 amide bonds. The van der Waals surface area contributed by atoms with E-state index in [-0.39, 0.29) is 23.3 Å². The Balaban J connectivity index is 0.000000205. The Kier molecular flexibility index (Phi) is 18.4. The number of rotatable bonds is 20. The van der Waals surface area contributed by atoms with Crippen LogP contribution in [0.4, 0.5) is 0 Å². The van der Waals surface area contributed by atoms with Crippen molar-refractivity contribution in [1.29, 1.82) is 10.5 Å². The van der Waals surface area contributed by atoms with Crippen LogP contribution >= 0.6 is 0 Å². The quantitative estimate of drug-likeness (QED) is 0.0538. The van der Waals surface area contributed by atoms with Crippen molar-refractivity contribution in [2.75, 3.05) is 13.2 Å². The van der Waals surface area contributed by atoms with E-state index in [2.05, 4.69) is 51.4 Å². The maximum atomic E-state index is 13.8. The van der Waals surface area contributed by atoms with Gasteiger partial charge in [0.15, 0.2) is 0 Å². The van der Waals surface area contributed by atoms with E-state index in [0.29, 0.717) is 98.3 Å². The van der Waals surface area contributed by atoms with Crippen LogP contribution in [0.25, 0.3) is 43.9 Å². The van der Waals surface area contributed by atoms with E-state index < -0.39 is 48.4 Å². The Morgan fingerprint density at radius 3 is 1.36 bits per heavy atom. The van der Waals surface area contributed by atoms with Gasteiger partial charge in [-0.05, 0) is 148 Å². The average molecular weight is 1230 g/mol. The van der Waals surface area contributed by atoms with E-state index in [1.807, 2.05) is 68.9 Å². The van der Waals surface area contributed by atoms with Gasteiger partial charge in [-0.2, -0.15) is 10.5 Å². The van der Waals surface area contributed by atoms with E-state index in [1.165, 1.54) is 7.94 Å². The monoisotopic (exact) mass is 1230 g/mol. The third-order valence-corrected chi connectivity index (χ3v) is 22.5. The van der Waals surface area contributed by atoms with Crippen LogP contribution in [0.5, 0.6) is 0 Å². The molecule has 10 rings (SSSR count). The molecule has 2 N–H and O–H groups in total. The molecule has 0 radical (unpaired) electrons. The topological polar surface area (TPSA) is 220 Å². The molecule has 4 aromatic heterocycles. The van der Waals surface area contributed by atoms with Crippen LogP contribution in [0.3, 0.4) is 0 Å². The Labute approximate surface area is 506 Å². The number of aliphatic hydroxyl groups is 2. The minimum absolute atomic E-state index is 0.168. The van der Waals surface area contributed by atoms with Crippen molar-refractivity contribution >= 4 is 80.1 Å². The molecule has 0 saturated heterocycles. The summed E-state index contributed by atoms with van der Waals surface area (Å²) in [5.41, 5.74) is 11.2. The molecule has 20 heteroatoms. The first-order valence-electron chi connectivity index (χ1n) is 28.9. The predicted molar refractivity (Wildman–Crippen MR) is 345 cm³/mol. The van der Waals surface area contributed by atoms with Gasteiger partial charge in [0.05, 0.1) is 66.2 Å². The van der Waals surface area contributed by atoms with Gasteiger partial charge in [0.1, 0.15) is 37.3 Å². The molecule has 10 aromatic rings. The Morgan fingerprint density at radius 1 is 0.535 bits per heavy atom. The zero-order chi connectivity index (χ0) is 62.2. The summed E-state index contributed by atoms with van der Waals surface area (Å²) in [6.45, 7) is 26.9. The van der Waals surface area contributed by atoms with E-state index >= 15 is 0 Å². The maximum Gasteiger partial charge on any atom is 0.268 e. The summed E-state index contributed by atoms with van der Waals surface area (Å²) < 4.78 is 73.6. The van der Waals surface area contributed by atoms with Crippen LogP contribution in [0.2, 0.25) is 51.4 Å². The smallest absolute Gasteiger partial charge is 0.268 e. The van der Waals surface area contributed by atoms with Gasteiger partial charge in [-0.15, -0.1) is 0 Å². The summed E-state index contributed by atoms with van der Waals surface area (Å²) in [4.78, 5) is 10.0. The number of nitriles is 2. The second-order valence-corrected chi connectivity index (χ2v) is 39.4. The summed E-state index contributed by atoms with van der Waals surface area (Å²) in [6.07, 6.45) is 2.04. The summed E-state index contributed by atoms with van der Waals surface area (Å²) in [5, 5.41) is 44.5. The molecule has 2 unspecified atom stereocenters. The summed E-state index contributed by atoms with van der Waals surface area (Å²) in [7, 11) is -10.4. The molecule has 448 valence electrons. The lowest BCUT2D eigenvalue weighted by Crippen LogP contribution is -2.22. The van der Waals surface area contributed by atoms with Crippen molar-refractivity contribution in [2.24, 2.45) is 0 Å². The van der Waals surface area contributed by atoms with Gasteiger partial charge in [-0.1, -0.05) is 101 Å². The third-order valence-electron chi connectivity index (χ3n) is 15.7. The van der Waals surface area contributed by atoms with Crippen molar-refractivity contribution in [1.82, 2.24) is 27.0 Å². The largest absolute Gasteiger partial charge is 0.380 e. The zero-order valence-electron chi connectivity index (χ0n) is 51.1. The molecular formula is C66H76N8O8S2Si2. The Morgan fingerprint density at radius 2 is 0.942 bits per heavy atom. The SMILES string of the molecule is CCc1cc(C)c2c(ccn2S(=O)(=O)c2ccc(C)cc2)c1C(O)c1nc2cc(C#N)ccc2n1COCC[Si](C)(C)C.CCc1cc(C)c2c(ccn2S(=O)(=O)c2ccc(C)cc2)c1C(O)c1nc2ccc(C#N)cc2n1COCC[Si](C)(C)C. The van der Waals surface area contributed by atoms with E-state index in [4.69, 9.17) is 19.4 Å². The highest BCUT2D eigenvalue weighted by Crippen LogP contribution is 2.40. The fourth-order valence-electron chi connectivity index (χ4n) is 10.9. The van der Waals surface area contributed by atoms with Crippen molar-refractivity contribution < 1.29 is 36.5 Å². The lowest BCUT2D eigenvalue weighted by Gasteiger charge is -2.20. The van der Waals surface area contributed by atoms with Crippen LogP contribution in [0, 0.1) is 50.4 Å². The minimum atomic E-state index is -3.88. The summed E-state index contributed by atoms with van der Waals surface area (Å²) in [5.74, 6) is 0.763. The Hall–Kier alpha value is -7.51. The van der Waals surface area contributed by atoms with E-state index in [9.17, 15) is 37.6 Å². The van der Waals surface area contributed by atoms with Gasteiger partial charge in [-0.3, -0.25) is 0 Å². The number of aryl methyl sites for hydroxylation is 6. The average Bonchev–Trinajstić information content (AvgIpc) is 1.57. The van der Waals surface area contributed by atoms with Gasteiger partial charge >= 0.3 is 0 Å². The molecule has 0 aliphatic rings. The van der Waals surface area contributed by atoms with Crippen LogP contribution in [0.1, 0.15) is 93.3 Å². The van der Waals surface area contributed by atoms with Crippen LogP contribution < -0.4 is 0 Å². The van der Waals surface area contributed by atoms with Gasteiger partial charge in [0, 0.05) is 63.7 Å². The first-order valence-corrected chi connectivity index (χ1v) is 39.2. The van der Waals surface area contributed by atoms with Crippen molar-refractivity contribution in [3.8, 4) is 12.1 Å². The number of ether oxygens (including phenoxy) is 2. The fourth-order valence-corrected chi connectivity index (χ4v) is 15.3. The molecule has 0 fully saturated rings. The van der Waals surface area contributed by atoms with Crippen LogP contribution in [0.15, 0.2) is 131 Å². The highest BCUT2D eigenvalue weighted by atomic mass is 32.2. The van der Waals surface area contributed by atoms with Gasteiger partial charge in [0.25, 0.3) is 20.0 Å². The number of nitrogens with zero attached hydrogens (tertiary/aromatic N) is 8. The van der Waals surface area contributed by atoms with E-state index in [1.54, 1.807) is 103 Å². The highest BCUT2D eigenvalue weighted by Gasteiger charge is 2.31. The predicted octanol–water partition coefficient (Wildman–Crippen LogP) is 13.3.